The third-order valence-electron chi connectivity index (χ3n) is 4.14. The average Bonchev–Trinajstić information content (AvgIpc) is 2.71. The Balaban J connectivity index is 0.00000392. The summed E-state index contributed by atoms with van der Waals surface area (Å²) in [7, 11) is 6.76. The van der Waals surface area contributed by atoms with Crippen molar-refractivity contribution in [3.05, 3.63) is 59.2 Å². The van der Waals surface area contributed by atoms with Gasteiger partial charge in [0.25, 0.3) is 0 Å². The van der Waals surface area contributed by atoms with Gasteiger partial charge in [-0.1, -0.05) is 30.3 Å². The summed E-state index contributed by atoms with van der Waals surface area (Å²) >= 11 is 0. The van der Waals surface area contributed by atoms with E-state index < -0.39 is 0 Å². The van der Waals surface area contributed by atoms with E-state index in [2.05, 4.69) is 33.8 Å². The zero-order chi connectivity index (χ0) is 19.5. The largest absolute Gasteiger partial charge is 0.493 e. The molecule has 0 saturated carbocycles. The van der Waals surface area contributed by atoms with Gasteiger partial charge in [-0.05, 0) is 35.2 Å². The van der Waals surface area contributed by atoms with Gasteiger partial charge in [0.1, 0.15) is 0 Å². The Morgan fingerprint density at radius 3 is 2.32 bits per heavy atom. The van der Waals surface area contributed by atoms with Crippen molar-refractivity contribution < 1.29 is 14.2 Å². The molecule has 0 bridgehead atoms. The molecule has 0 aliphatic heterocycles. The van der Waals surface area contributed by atoms with E-state index in [0.717, 1.165) is 36.0 Å². The van der Waals surface area contributed by atoms with Crippen LogP contribution in [0.1, 0.15) is 16.7 Å². The lowest BCUT2D eigenvalue weighted by atomic mass is 10.1. The van der Waals surface area contributed by atoms with Crippen LogP contribution in [0, 0.1) is 0 Å². The number of methoxy groups -OCH3 is 3. The zero-order valence-corrected chi connectivity index (χ0v) is 19.3. The summed E-state index contributed by atoms with van der Waals surface area (Å²) in [5, 5.41) is 6.67. The molecule has 0 aromatic heterocycles. The first kappa shape index (κ1) is 24.0. The van der Waals surface area contributed by atoms with Gasteiger partial charge in [-0.2, -0.15) is 0 Å². The molecule has 2 rings (SSSR count). The van der Waals surface area contributed by atoms with Gasteiger partial charge >= 0.3 is 0 Å². The van der Waals surface area contributed by atoms with Gasteiger partial charge in [0, 0.05) is 27.2 Å². The monoisotopic (exact) mass is 499 g/mol. The van der Waals surface area contributed by atoms with E-state index in [4.69, 9.17) is 14.2 Å². The van der Waals surface area contributed by atoms with Gasteiger partial charge in [-0.3, -0.25) is 4.99 Å². The SMILES string of the molecule is CN=C(NCCc1ccc(OC)c(OC)c1)NCc1cccc(COC)c1.I. The third-order valence-corrected chi connectivity index (χ3v) is 4.14. The molecule has 0 amide bonds. The first-order chi connectivity index (χ1) is 13.2. The maximum atomic E-state index is 5.35. The van der Waals surface area contributed by atoms with Crippen LogP contribution in [0.15, 0.2) is 47.5 Å². The van der Waals surface area contributed by atoms with E-state index in [-0.39, 0.29) is 24.0 Å². The second-order valence-corrected chi connectivity index (χ2v) is 6.04. The lowest BCUT2D eigenvalue weighted by molar-refractivity contribution is 0.185. The van der Waals surface area contributed by atoms with E-state index in [9.17, 15) is 0 Å². The lowest BCUT2D eigenvalue weighted by Crippen LogP contribution is -2.37. The molecule has 0 aliphatic carbocycles. The molecule has 2 N–H and O–H groups in total. The predicted octanol–water partition coefficient (Wildman–Crippen LogP) is 3.38. The Labute approximate surface area is 184 Å². The molecular formula is C21H30IN3O3. The van der Waals surface area contributed by atoms with Crippen LogP contribution in [0.2, 0.25) is 0 Å². The standard InChI is InChI=1S/C21H29N3O3.HI/c1-22-21(24-14-17-6-5-7-18(12-17)15-25-2)23-11-10-16-8-9-19(26-3)20(13-16)27-4;/h5-9,12-13H,10-11,14-15H2,1-4H3,(H2,22,23,24);1H. The lowest BCUT2D eigenvalue weighted by Gasteiger charge is -2.13. The molecule has 28 heavy (non-hydrogen) atoms. The summed E-state index contributed by atoms with van der Waals surface area (Å²) < 4.78 is 15.8. The third kappa shape index (κ3) is 7.55. The number of benzene rings is 2. The highest BCUT2D eigenvalue weighted by atomic mass is 127. The molecule has 2 aromatic rings. The molecule has 0 atom stereocenters. The molecule has 7 heteroatoms. The Kier molecular flexibility index (Phi) is 11.4. The number of rotatable bonds is 9. The van der Waals surface area contributed by atoms with Gasteiger partial charge in [-0.25, -0.2) is 0 Å². The Hall–Kier alpha value is -2.00. The van der Waals surface area contributed by atoms with E-state index in [0.29, 0.717) is 13.2 Å². The van der Waals surface area contributed by atoms with Crippen LogP contribution in [0.3, 0.4) is 0 Å². The van der Waals surface area contributed by atoms with Crippen molar-refractivity contribution >= 4 is 29.9 Å². The fourth-order valence-corrected chi connectivity index (χ4v) is 2.76. The quantitative estimate of drug-likeness (QED) is 0.315. The number of hydrogen-bond donors (Lipinski definition) is 2. The van der Waals surface area contributed by atoms with Gasteiger partial charge in [0.15, 0.2) is 17.5 Å². The van der Waals surface area contributed by atoms with Crippen molar-refractivity contribution in [2.24, 2.45) is 4.99 Å². The molecule has 0 aliphatic rings. The Morgan fingerprint density at radius 2 is 1.64 bits per heavy atom. The maximum Gasteiger partial charge on any atom is 0.191 e. The van der Waals surface area contributed by atoms with Crippen molar-refractivity contribution in [3.63, 3.8) is 0 Å². The van der Waals surface area contributed by atoms with Crippen LogP contribution in [-0.2, 0) is 24.3 Å². The number of nitrogens with one attached hydrogen (secondary N) is 2. The van der Waals surface area contributed by atoms with Gasteiger partial charge in [-0.15, -0.1) is 24.0 Å². The van der Waals surface area contributed by atoms with Crippen LogP contribution in [0.25, 0.3) is 0 Å². The molecule has 0 radical (unpaired) electrons. The number of nitrogens with zero attached hydrogens (tertiary/aromatic N) is 1. The first-order valence-corrected chi connectivity index (χ1v) is 8.92. The summed E-state index contributed by atoms with van der Waals surface area (Å²) in [6.07, 6.45) is 0.852. The van der Waals surface area contributed by atoms with Crippen LogP contribution < -0.4 is 20.1 Å². The Morgan fingerprint density at radius 1 is 0.893 bits per heavy atom. The minimum Gasteiger partial charge on any atom is -0.493 e. The summed E-state index contributed by atoms with van der Waals surface area (Å²) in [6, 6.07) is 14.3. The van der Waals surface area contributed by atoms with Crippen LogP contribution in [0.4, 0.5) is 0 Å². The fraction of sp³-hybridized carbons (Fsp3) is 0.381. The van der Waals surface area contributed by atoms with Gasteiger partial charge in [0.05, 0.1) is 20.8 Å². The van der Waals surface area contributed by atoms with E-state index in [1.54, 1.807) is 28.4 Å². The molecule has 154 valence electrons. The van der Waals surface area contributed by atoms with Crippen molar-refractivity contribution in [3.8, 4) is 11.5 Å². The second-order valence-electron chi connectivity index (χ2n) is 6.04. The van der Waals surface area contributed by atoms with Gasteiger partial charge < -0.3 is 24.8 Å². The van der Waals surface area contributed by atoms with E-state index in [1.165, 1.54) is 11.1 Å². The van der Waals surface area contributed by atoms with Crippen LogP contribution in [0.5, 0.6) is 11.5 Å². The second kappa shape index (κ2) is 13.2. The van der Waals surface area contributed by atoms with Crippen LogP contribution in [-0.4, -0.2) is 40.9 Å². The number of ether oxygens (including phenoxy) is 3. The van der Waals surface area contributed by atoms with Crippen molar-refractivity contribution in [1.29, 1.82) is 0 Å². The topological polar surface area (TPSA) is 64.1 Å². The zero-order valence-electron chi connectivity index (χ0n) is 17.0. The molecular weight excluding hydrogens is 469 g/mol. The van der Waals surface area contributed by atoms with Crippen molar-refractivity contribution in [2.75, 3.05) is 34.9 Å². The fourth-order valence-electron chi connectivity index (χ4n) is 2.76. The summed E-state index contributed by atoms with van der Waals surface area (Å²) in [4.78, 5) is 4.28. The summed E-state index contributed by atoms with van der Waals surface area (Å²) in [6.45, 7) is 2.08. The molecule has 6 nitrogen and oxygen atoms in total. The van der Waals surface area contributed by atoms with E-state index in [1.807, 2.05) is 24.3 Å². The molecule has 2 aromatic carbocycles. The number of guanidine groups is 1. The summed E-state index contributed by atoms with van der Waals surface area (Å²) in [5.74, 6) is 2.25. The molecule has 0 saturated heterocycles. The predicted molar refractivity (Wildman–Crippen MR) is 124 cm³/mol. The average molecular weight is 499 g/mol. The maximum absolute atomic E-state index is 5.35. The number of hydrogen-bond acceptors (Lipinski definition) is 4. The van der Waals surface area contributed by atoms with Crippen LogP contribution >= 0.6 is 24.0 Å². The molecule has 0 unspecified atom stereocenters. The normalized spacial score (nSPS) is 10.8. The first-order valence-electron chi connectivity index (χ1n) is 8.92. The molecule has 0 fully saturated rings. The number of aliphatic imine (C=N–C) groups is 1. The van der Waals surface area contributed by atoms with Gasteiger partial charge in [0.2, 0.25) is 0 Å². The van der Waals surface area contributed by atoms with Crippen molar-refractivity contribution in [1.82, 2.24) is 10.6 Å². The highest BCUT2D eigenvalue weighted by Gasteiger charge is 2.05. The molecule has 0 spiro atoms. The Bertz CT molecular complexity index is 753. The highest BCUT2D eigenvalue weighted by Crippen LogP contribution is 2.27. The minimum absolute atomic E-state index is 0. The van der Waals surface area contributed by atoms with E-state index >= 15 is 0 Å². The highest BCUT2D eigenvalue weighted by molar-refractivity contribution is 14.0. The molecule has 0 heterocycles. The summed E-state index contributed by atoms with van der Waals surface area (Å²) in [5.41, 5.74) is 3.52. The smallest absolute Gasteiger partial charge is 0.191 e. The van der Waals surface area contributed by atoms with Crippen molar-refractivity contribution in [2.45, 2.75) is 19.6 Å². The minimum atomic E-state index is 0. The number of halogens is 1.